The molecule has 0 bridgehead atoms. The monoisotopic (exact) mass is 265 g/mol. The molecule has 0 fully saturated rings. The summed E-state index contributed by atoms with van der Waals surface area (Å²) in [5.74, 6) is 0.873. The minimum Gasteiger partial charge on any atom is -0.326 e. The summed E-state index contributed by atoms with van der Waals surface area (Å²) in [6.07, 6.45) is 0. The highest BCUT2D eigenvalue weighted by Crippen LogP contribution is 2.25. The molecule has 0 aliphatic heterocycles. The molecule has 100 valence electrons. The lowest BCUT2D eigenvalue weighted by atomic mass is 10.2. The third-order valence-corrected chi connectivity index (χ3v) is 3.44. The second-order valence-corrected chi connectivity index (χ2v) is 4.80. The molecule has 0 saturated heterocycles. The number of nitrogens with zero attached hydrogens (tertiary/aromatic N) is 5. The minimum atomic E-state index is 0.627. The summed E-state index contributed by atoms with van der Waals surface area (Å²) < 4.78 is 3.99. The fraction of sp³-hybridized carbons (Fsp3) is 0.267. The standard InChI is InChI=1S/C15H15N5/c1-4-20-14(7-10(2)18-20)15-17-12-8-11(9-16)5-6-13(12)19(15)3/h5-8H,4H2,1-3H3. The third kappa shape index (κ3) is 1.77. The quantitative estimate of drug-likeness (QED) is 0.715. The zero-order valence-corrected chi connectivity index (χ0v) is 11.8. The van der Waals surface area contributed by atoms with Gasteiger partial charge in [-0.25, -0.2) is 4.98 Å². The summed E-state index contributed by atoms with van der Waals surface area (Å²) in [6.45, 7) is 4.84. The van der Waals surface area contributed by atoms with Crippen molar-refractivity contribution in [3.05, 3.63) is 35.5 Å². The molecule has 0 saturated carbocycles. The van der Waals surface area contributed by atoms with Crippen molar-refractivity contribution in [2.75, 3.05) is 0 Å². The fourth-order valence-corrected chi connectivity index (χ4v) is 2.46. The Bertz CT molecular complexity index is 832. The van der Waals surface area contributed by atoms with Gasteiger partial charge in [-0.05, 0) is 38.1 Å². The zero-order valence-electron chi connectivity index (χ0n) is 11.8. The van der Waals surface area contributed by atoms with Crippen LogP contribution in [0.4, 0.5) is 0 Å². The summed E-state index contributed by atoms with van der Waals surface area (Å²) in [6, 6.07) is 9.75. The number of imidazole rings is 1. The van der Waals surface area contributed by atoms with Gasteiger partial charge in [-0.2, -0.15) is 10.4 Å². The fourth-order valence-electron chi connectivity index (χ4n) is 2.46. The number of hydrogen-bond donors (Lipinski definition) is 0. The molecule has 0 unspecified atom stereocenters. The van der Waals surface area contributed by atoms with Crippen molar-refractivity contribution in [2.24, 2.45) is 7.05 Å². The molecule has 1 aromatic carbocycles. The molecule has 0 aliphatic rings. The van der Waals surface area contributed by atoms with E-state index in [9.17, 15) is 0 Å². The van der Waals surface area contributed by atoms with Crippen LogP contribution < -0.4 is 0 Å². The van der Waals surface area contributed by atoms with Gasteiger partial charge in [0.2, 0.25) is 0 Å². The predicted molar refractivity (Wildman–Crippen MR) is 77.1 cm³/mol. The summed E-state index contributed by atoms with van der Waals surface area (Å²) in [5, 5.41) is 13.4. The van der Waals surface area contributed by atoms with E-state index in [1.165, 1.54) is 0 Å². The van der Waals surface area contributed by atoms with Crippen molar-refractivity contribution in [3.63, 3.8) is 0 Å². The molecular weight excluding hydrogens is 250 g/mol. The lowest BCUT2D eigenvalue weighted by Gasteiger charge is -2.04. The number of rotatable bonds is 2. The van der Waals surface area contributed by atoms with Crippen LogP contribution in [0.2, 0.25) is 0 Å². The number of aromatic nitrogens is 4. The first-order valence-corrected chi connectivity index (χ1v) is 6.55. The second kappa shape index (κ2) is 4.49. The maximum absolute atomic E-state index is 8.98. The maximum Gasteiger partial charge on any atom is 0.159 e. The number of benzene rings is 1. The highest BCUT2D eigenvalue weighted by Gasteiger charge is 2.15. The first-order valence-electron chi connectivity index (χ1n) is 6.55. The minimum absolute atomic E-state index is 0.627. The molecule has 3 rings (SSSR count). The number of aryl methyl sites for hydroxylation is 3. The van der Waals surface area contributed by atoms with Crippen LogP contribution in [0.25, 0.3) is 22.6 Å². The van der Waals surface area contributed by atoms with Crippen molar-refractivity contribution in [1.29, 1.82) is 5.26 Å². The van der Waals surface area contributed by atoms with Gasteiger partial charge in [-0.1, -0.05) is 0 Å². The lowest BCUT2D eigenvalue weighted by Crippen LogP contribution is -2.02. The molecule has 2 heterocycles. The summed E-state index contributed by atoms with van der Waals surface area (Å²) in [4.78, 5) is 4.66. The van der Waals surface area contributed by atoms with Crippen LogP contribution >= 0.6 is 0 Å². The smallest absolute Gasteiger partial charge is 0.159 e. The van der Waals surface area contributed by atoms with Crippen LogP contribution in [-0.4, -0.2) is 19.3 Å². The first kappa shape index (κ1) is 12.4. The molecule has 0 atom stereocenters. The van der Waals surface area contributed by atoms with Gasteiger partial charge in [0.05, 0.1) is 28.4 Å². The van der Waals surface area contributed by atoms with Gasteiger partial charge in [0.1, 0.15) is 5.69 Å². The van der Waals surface area contributed by atoms with Crippen molar-refractivity contribution in [1.82, 2.24) is 19.3 Å². The summed E-state index contributed by atoms with van der Waals surface area (Å²) in [5.41, 5.74) is 4.46. The summed E-state index contributed by atoms with van der Waals surface area (Å²) in [7, 11) is 1.99. The van der Waals surface area contributed by atoms with E-state index >= 15 is 0 Å². The highest BCUT2D eigenvalue weighted by molar-refractivity contribution is 5.81. The van der Waals surface area contributed by atoms with E-state index in [4.69, 9.17) is 5.26 Å². The Morgan fingerprint density at radius 2 is 2.10 bits per heavy atom. The largest absolute Gasteiger partial charge is 0.326 e. The number of nitriles is 1. The topological polar surface area (TPSA) is 59.4 Å². The Hall–Kier alpha value is -2.61. The molecule has 0 amide bonds. The van der Waals surface area contributed by atoms with Crippen LogP contribution in [0.3, 0.4) is 0 Å². The van der Waals surface area contributed by atoms with Gasteiger partial charge in [-0.15, -0.1) is 0 Å². The van der Waals surface area contributed by atoms with Crippen molar-refractivity contribution >= 4 is 11.0 Å². The van der Waals surface area contributed by atoms with E-state index in [0.29, 0.717) is 5.56 Å². The molecule has 5 heteroatoms. The van der Waals surface area contributed by atoms with Gasteiger partial charge in [0.15, 0.2) is 5.82 Å². The van der Waals surface area contributed by atoms with Crippen LogP contribution in [0.5, 0.6) is 0 Å². The third-order valence-electron chi connectivity index (χ3n) is 3.44. The molecule has 20 heavy (non-hydrogen) atoms. The Morgan fingerprint density at radius 1 is 1.30 bits per heavy atom. The lowest BCUT2D eigenvalue weighted by molar-refractivity contribution is 0.655. The SMILES string of the molecule is CCn1nc(C)cc1-c1nc2cc(C#N)ccc2n1C. The van der Waals surface area contributed by atoms with Crippen LogP contribution in [-0.2, 0) is 13.6 Å². The van der Waals surface area contributed by atoms with Crippen LogP contribution in [0.15, 0.2) is 24.3 Å². The Morgan fingerprint density at radius 3 is 2.80 bits per heavy atom. The van der Waals surface area contributed by atoms with Crippen molar-refractivity contribution in [2.45, 2.75) is 20.4 Å². The average Bonchev–Trinajstić information content (AvgIpc) is 2.98. The zero-order chi connectivity index (χ0) is 14.3. The van der Waals surface area contributed by atoms with Crippen molar-refractivity contribution < 1.29 is 0 Å². The Balaban J connectivity index is 2.26. The Labute approximate surface area is 117 Å². The molecule has 2 aromatic heterocycles. The van der Waals surface area contributed by atoms with E-state index in [2.05, 4.69) is 23.1 Å². The molecular formula is C15H15N5. The maximum atomic E-state index is 8.98. The molecule has 3 aromatic rings. The van der Waals surface area contributed by atoms with Crippen molar-refractivity contribution in [3.8, 4) is 17.6 Å². The molecule has 0 aliphatic carbocycles. The van der Waals surface area contributed by atoms with E-state index < -0.39 is 0 Å². The van der Waals surface area contributed by atoms with Gasteiger partial charge < -0.3 is 4.57 Å². The molecule has 5 nitrogen and oxygen atoms in total. The van der Waals surface area contributed by atoms with Crippen LogP contribution in [0, 0.1) is 18.3 Å². The van der Waals surface area contributed by atoms with Gasteiger partial charge in [-0.3, -0.25) is 4.68 Å². The van der Waals surface area contributed by atoms with Gasteiger partial charge in [0, 0.05) is 13.6 Å². The summed E-state index contributed by atoms with van der Waals surface area (Å²) >= 11 is 0. The molecule has 0 radical (unpaired) electrons. The van der Waals surface area contributed by atoms with E-state index in [0.717, 1.165) is 34.8 Å². The normalized spacial score (nSPS) is 10.9. The number of fused-ring (bicyclic) bond motifs is 1. The van der Waals surface area contributed by atoms with Gasteiger partial charge in [0.25, 0.3) is 0 Å². The Kier molecular flexibility index (Phi) is 2.79. The first-order chi connectivity index (χ1) is 9.63. The van der Waals surface area contributed by atoms with E-state index in [1.807, 2.05) is 47.5 Å². The predicted octanol–water partition coefficient (Wildman–Crippen LogP) is 2.64. The average molecular weight is 265 g/mol. The molecule has 0 N–H and O–H groups in total. The molecule has 0 spiro atoms. The number of hydrogen-bond acceptors (Lipinski definition) is 3. The highest BCUT2D eigenvalue weighted by atomic mass is 15.3. The van der Waals surface area contributed by atoms with E-state index in [-0.39, 0.29) is 0 Å². The van der Waals surface area contributed by atoms with Crippen LogP contribution in [0.1, 0.15) is 18.2 Å². The van der Waals surface area contributed by atoms with Gasteiger partial charge >= 0.3 is 0 Å². The van der Waals surface area contributed by atoms with E-state index in [1.54, 1.807) is 0 Å². The second-order valence-electron chi connectivity index (χ2n) is 4.80.